The van der Waals surface area contributed by atoms with Crippen LogP contribution in [0.5, 0.6) is 0 Å². The number of nitrogens with two attached hydrogens (primary N) is 1. The highest BCUT2D eigenvalue weighted by molar-refractivity contribution is 5.13. The summed E-state index contributed by atoms with van der Waals surface area (Å²) in [5, 5.41) is 4.24. The molecule has 18 heavy (non-hydrogen) atoms. The highest BCUT2D eigenvalue weighted by Gasteiger charge is 2.24. The van der Waals surface area contributed by atoms with Gasteiger partial charge in [-0.15, -0.1) is 0 Å². The van der Waals surface area contributed by atoms with E-state index in [0.29, 0.717) is 0 Å². The smallest absolute Gasteiger partial charge is 0.0593 e. The Balaban J connectivity index is 2.72. The zero-order valence-electron chi connectivity index (χ0n) is 12.0. The number of ether oxygens (including phenoxy) is 1. The molecular weight excluding hydrogens is 228 g/mol. The Hall–Kier alpha value is -0.910. The van der Waals surface area contributed by atoms with Crippen molar-refractivity contribution < 1.29 is 4.74 Å². The van der Waals surface area contributed by atoms with Crippen LogP contribution in [-0.2, 0) is 11.8 Å². The van der Waals surface area contributed by atoms with E-state index in [1.165, 1.54) is 5.56 Å². The molecule has 2 unspecified atom stereocenters. The molecule has 0 saturated carbocycles. The third-order valence-electron chi connectivity index (χ3n) is 3.21. The highest BCUT2D eigenvalue weighted by atomic mass is 16.5. The number of rotatable bonds is 8. The highest BCUT2D eigenvalue weighted by Crippen LogP contribution is 2.23. The first-order chi connectivity index (χ1) is 8.60. The van der Waals surface area contributed by atoms with Gasteiger partial charge in [-0.25, -0.2) is 0 Å². The van der Waals surface area contributed by atoms with E-state index in [9.17, 15) is 0 Å². The van der Waals surface area contributed by atoms with E-state index in [2.05, 4.69) is 24.0 Å². The average molecular weight is 254 g/mol. The van der Waals surface area contributed by atoms with E-state index in [1.54, 1.807) is 0 Å². The Kier molecular flexibility index (Phi) is 6.32. The van der Waals surface area contributed by atoms with Crippen molar-refractivity contribution >= 4 is 0 Å². The van der Waals surface area contributed by atoms with E-state index >= 15 is 0 Å². The van der Waals surface area contributed by atoms with E-state index < -0.39 is 0 Å². The quantitative estimate of drug-likeness (QED) is 0.708. The summed E-state index contributed by atoms with van der Waals surface area (Å²) in [6, 6.07) is 0.310. The molecule has 5 nitrogen and oxygen atoms in total. The Labute approximate surface area is 110 Å². The van der Waals surface area contributed by atoms with Gasteiger partial charge >= 0.3 is 0 Å². The summed E-state index contributed by atoms with van der Waals surface area (Å²) in [5.74, 6) is 0. The molecule has 5 heteroatoms. The lowest BCUT2D eigenvalue weighted by Gasteiger charge is -2.31. The van der Waals surface area contributed by atoms with Gasteiger partial charge in [0.25, 0.3) is 0 Å². The van der Waals surface area contributed by atoms with Crippen LogP contribution in [0.1, 0.15) is 31.9 Å². The predicted molar refractivity (Wildman–Crippen MR) is 73.3 cm³/mol. The molecule has 0 aliphatic carbocycles. The van der Waals surface area contributed by atoms with Crippen LogP contribution in [0.4, 0.5) is 0 Å². The summed E-state index contributed by atoms with van der Waals surface area (Å²) in [7, 11) is 4.02. The first-order valence-corrected chi connectivity index (χ1v) is 6.62. The van der Waals surface area contributed by atoms with Crippen LogP contribution in [-0.4, -0.2) is 47.5 Å². The standard InChI is InChI=1S/C13H26N4O/c1-5-12(14)13(11-9-15-17(4)10-11)16(3)7-8-18-6-2/h9-10,12-13H,5-8,14H2,1-4H3. The van der Waals surface area contributed by atoms with E-state index in [0.717, 1.165) is 26.2 Å². The molecular formula is C13H26N4O. The van der Waals surface area contributed by atoms with Crippen LogP contribution in [0.25, 0.3) is 0 Å². The van der Waals surface area contributed by atoms with Gasteiger partial charge in [0.05, 0.1) is 18.8 Å². The Morgan fingerprint density at radius 2 is 2.22 bits per heavy atom. The van der Waals surface area contributed by atoms with Crippen molar-refractivity contribution in [2.24, 2.45) is 12.8 Å². The van der Waals surface area contributed by atoms with Crippen LogP contribution in [0.2, 0.25) is 0 Å². The molecule has 104 valence electrons. The van der Waals surface area contributed by atoms with Gasteiger partial charge in [-0.2, -0.15) is 5.10 Å². The summed E-state index contributed by atoms with van der Waals surface area (Å²) in [5.41, 5.74) is 7.42. The molecule has 2 atom stereocenters. The first kappa shape index (κ1) is 15.1. The molecule has 0 radical (unpaired) electrons. The summed E-state index contributed by atoms with van der Waals surface area (Å²) in [4.78, 5) is 2.25. The lowest BCUT2D eigenvalue weighted by Crippen LogP contribution is -2.40. The second-order valence-corrected chi connectivity index (χ2v) is 4.64. The monoisotopic (exact) mass is 254 g/mol. The molecule has 1 heterocycles. The van der Waals surface area contributed by atoms with Crippen molar-refractivity contribution in [3.05, 3.63) is 18.0 Å². The van der Waals surface area contributed by atoms with Crippen LogP contribution in [0, 0.1) is 0 Å². The second-order valence-electron chi connectivity index (χ2n) is 4.64. The van der Waals surface area contributed by atoms with Gasteiger partial charge in [-0.3, -0.25) is 9.58 Å². The fourth-order valence-electron chi connectivity index (χ4n) is 2.14. The van der Waals surface area contributed by atoms with Gasteiger partial charge in [-0.05, 0) is 20.4 Å². The van der Waals surface area contributed by atoms with Gasteiger partial charge in [0.1, 0.15) is 0 Å². The van der Waals surface area contributed by atoms with E-state index in [-0.39, 0.29) is 12.1 Å². The molecule has 0 amide bonds. The first-order valence-electron chi connectivity index (χ1n) is 6.62. The molecule has 0 aliphatic heterocycles. The minimum atomic E-state index is 0.112. The van der Waals surface area contributed by atoms with Gasteiger partial charge in [0.15, 0.2) is 0 Å². The van der Waals surface area contributed by atoms with Crippen molar-refractivity contribution in [2.75, 3.05) is 26.8 Å². The number of aromatic nitrogens is 2. The minimum absolute atomic E-state index is 0.112. The van der Waals surface area contributed by atoms with Crippen LogP contribution in [0.15, 0.2) is 12.4 Å². The SMILES string of the molecule is CCOCCN(C)C(c1cnn(C)c1)C(N)CC. The third-order valence-corrected chi connectivity index (χ3v) is 3.21. The Morgan fingerprint density at radius 3 is 2.72 bits per heavy atom. The lowest BCUT2D eigenvalue weighted by atomic mass is 9.99. The molecule has 0 aromatic carbocycles. The average Bonchev–Trinajstić information content (AvgIpc) is 2.76. The van der Waals surface area contributed by atoms with Crippen molar-refractivity contribution in [3.63, 3.8) is 0 Å². The molecule has 1 aromatic heterocycles. The third kappa shape index (κ3) is 4.08. The van der Waals surface area contributed by atoms with Crippen molar-refractivity contribution in [1.82, 2.24) is 14.7 Å². The lowest BCUT2D eigenvalue weighted by molar-refractivity contribution is 0.100. The summed E-state index contributed by atoms with van der Waals surface area (Å²) < 4.78 is 7.23. The zero-order chi connectivity index (χ0) is 13.5. The fourth-order valence-corrected chi connectivity index (χ4v) is 2.14. The summed E-state index contributed by atoms with van der Waals surface area (Å²) in [6.45, 7) is 6.49. The molecule has 0 fully saturated rings. The largest absolute Gasteiger partial charge is 0.380 e. The molecule has 1 aromatic rings. The Bertz CT molecular complexity index is 339. The Morgan fingerprint density at radius 1 is 1.50 bits per heavy atom. The van der Waals surface area contributed by atoms with Crippen LogP contribution in [0.3, 0.4) is 0 Å². The van der Waals surface area contributed by atoms with Gasteiger partial charge in [0, 0.05) is 38.0 Å². The van der Waals surface area contributed by atoms with Gasteiger partial charge in [-0.1, -0.05) is 6.92 Å². The summed E-state index contributed by atoms with van der Waals surface area (Å²) in [6.07, 6.45) is 4.88. The fraction of sp³-hybridized carbons (Fsp3) is 0.769. The molecule has 0 bridgehead atoms. The van der Waals surface area contributed by atoms with Crippen LogP contribution >= 0.6 is 0 Å². The maximum Gasteiger partial charge on any atom is 0.0593 e. The van der Waals surface area contributed by atoms with Gasteiger partial charge in [0.2, 0.25) is 0 Å². The molecule has 2 N–H and O–H groups in total. The van der Waals surface area contributed by atoms with Crippen molar-refractivity contribution in [2.45, 2.75) is 32.4 Å². The minimum Gasteiger partial charge on any atom is -0.380 e. The maximum absolute atomic E-state index is 6.24. The molecule has 1 rings (SSSR count). The number of nitrogens with zero attached hydrogens (tertiary/aromatic N) is 3. The molecule has 0 aliphatic rings. The van der Waals surface area contributed by atoms with Crippen molar-refractivity contribution in [1.29, 1.82) is 0 Å². The zero-order valence-corrected chi connectivity index (χ0v) is 12.0. The number of aryl methyl sites for hydroxylation is 1. The normalized spacial score (nSPS) is 15.0. The molecule has 0 spiro atoms. The number of likely N-dealkylation sites (N-methyl/N-ethyl adjacent to an activating group) is 1. The van der Waals surface area contributed by atoms with E-state index in [1.807, 2.05) is 31.0 Å². The van der Waals surface area contributed by atoms with Crippen molar-refractivity contribution in [3.8, 4) is 0 Å². The summed E-state index contributed by atoms with van der Waals surface area (Å²) >= 11 is 0. The van der Waals surface area contributed by atoms with Gasteiger partial charge < -0.3 is 10.5 Å². The van der Waals surface area contributed by atoms with E-state index in [4.69, 9.17) is 10.5 Å². The molecule has 0 saturated heterocycles. The second kappa shape index (κ2) is 7.51. The topological polar surface area (TPSA) is 56.3 Å². The maximum atomic E-state index is 6.24. The number of hydrogen-bond acceptors (Lipinski definition) is 4. The predicted octanol–water partition coefficient (Wildman–Crippen LogP) is 1.17. The van der Waals surface area contributed by atoms with Crippen LogP contribution < -0.4 is 5.73 Å². The number of hydrogen-bond donors (Lipinski definition) is 1.